The maximum absolute atomic E-state index is 11.8. The van der Waals surface area contributed by atoms with Gasteiger partial charge in [0.15, 0.2) is 0 Å². The third-order valence-electron chi connectivity index (χ3n) is 3.73. The minimum atomic E-state index is -0.0913. The molecule has 2 N–H and O–H groups in total. The second kappa shape index (κ2) is 6.52. The number of aromatic amines is 1. The van der Waals surface area contributed by atoms with E-state index in [2.05, 4.69) is 20.5 Å². The largest absolute Gasteiger partial charge is 0.346 e. The Kier molecular flexibility index (Phi) is 4.73. The van der Waals surface area contributed by atoms with E-state index in [1.54, 1.807) is 0 Å². The van der Waals surface area contributed by atoms with Crippen LogP contribution >= 0.6 is 0 Å². The highest BCUT2D eigenvalue weighted by atomic mass is 16.1. The van der Waals surface area contributed by atoms with Crippen molar-refractivity contribution < 1.29 is 4.79 Å². The number of rotatable bonds is 5. The maximum Gasteiger partial charge on any atom is 0.220 e. The van der Waals surface area contributed by atoms with Crippen LogP contribution in [0.25, 0.3) is 0 Å². The minimum absolute atomic E-state index is 0.0913. The standard InChI is InChI=1S/C13H22N4O/c1-10(13-14-9-15-17-13)16-12(18)8-7-11-5-3-2-4-6-11/h9-11H,2-8H2,1H3,(H,16,18)(H,14,15,17). The number of nitrogens with one attached hydrogen (secondary N) is 2. The van der Waals surface area contributed by atoms with Gasteiger partial charge in [-0.05, 0) is 19.3 Å². The lowest BCUT2D eigenvalue weighted by molar-refractivity contribution is -0.122. The average molecular weight is 250 g/mol. The Morgan fingerprint density at radius 3 is 2.94 bits per heavy atom. The summed E-state index contributed by atoms with van der Waals surface area (Å²) in [7, 11) is 0. The van der Waals surface area contributed by atoms with Crippen LogP contribution in [0.15, 0.2) is 6.33 Å². The van der Waals surface area contributed by atoms with Crippen molar-refractivity contribution in [2.75, 3.05) is 0 Å². The van der Waals surface area contributed by atoms with Gasteiger partial charge in [0.05, 0.1) is 6.04 Å². The summed E-state index contributed by atoms with van der Waals surface area (Å²) < 4.78 is 0. The molecule has 0 saturated heterocycles. The number of hydrogen-bond acceptors (Lipinski definition) is 3. The van der Waals surface area contributed by atoms with E-state index in [0.29, 0.717) is 12.2 Å². The van der Waals surface area contributed by atoms with E-state index in [1.807, 2.05) is 6.92 Å². The van der Waals surface area contributed by atoms with E-state index in [0.717, 1.165) is 12.3 Å². The number of H-pyrrole nitrogens is 1. The SMILES string of the molecule is CC(NC(=O)CCC1CCCCC1)c1ncn[nH]1. The Morgan fingerprint density at radius 1 is 1.50 bits per heavy atom. The molecule has 100 valence electrons. The molecule has 5 nitrogen and oxygen atoms in total. The highest BCUT2D eigenvalue weighted by molar-refractivity contribution is 5.76. The normalized spacial score (nSPS) is 18.5. The predicted octanol–water partition coefficient (Wildman–Crippen LogP) is 2.34. The second-order valence-corrected chi connectivity index (χ2v) is 5.20. The number of aromatic nitrogens is 3. The monoisotopic (exact) mass is 250 g/mol. The molecule has 1 saturated carbocycles. The van der Waals surface area contributed by atoms with Crippen LogP contribution in [0, 0.1) is 5.92 Å². The highest BCUT2D eigenvalue weighted by Gasteiger charge is 2.16. The smallest absolute Gasteiger partial charge is 0.220 e. The van der Waals surface area contributed by atoms with Crippen molar-refractivity contribution in [3.8, 4) is 0 Å². The van der Waals surface area contributed by atoms with Gasteiger partial charge in [-0.2, -0.15) is 5.10 Å². The van der Waals surface area contributed by atoms with Gasteiger partial charge in [0.1, 0.15) is 12.2 Å². The van der Waals surface area contributed by atoms with Gasteiger partial charge in [-0.25, -0.2) is 4.98 Å². The van der Waals surface area contributed by atoms with E-state index in [1.165, 1.54) is 38.4 Å². The van der Waals surface area contributed by atoms with Crippen LogP contribution in [-0.4, -0.2) is 21.1 Å². The van der Waals surface area contributed by atoms with Gasteiger partial charge in [0.25, 0.3) is 0 Å². The summed E-state index contributed by atoms with van der Waals surface area (Å²) in [5.41, 5.74) is 0. The summed E-state index contributed by atoms with van der Waals surface area (Å²) in [5.74, 6) is 1.58. The summed E-state index contributed by atoms with van der Waals surface area (Å²) in [5, 5.41) is 9.50. The Balaban J connectivity index is 1.68. The Labute approximate surface area is 108 Å². The van der Waals surface area contributed by atoms with Crippen molar-refractivity contribution in [1.82, 2.24) is 20.5 Å². The molecule has 2 rings (SSSR count). The zero-order valence-corrected chi connectivity index (χ0v) is 11.0. The van der Waals surface area contributed by atoms with E-state index in [4.69, 9.17) is 0 Å². The fraction of sp³-hybridized carbons (Fsp3) is 0.769. The Morgan fingerprint density at radius 2 is 2.28 bits per heavy atom. The van der Waals surface area contributed by atoms with Crippen molar-refractivity contribution in [3.05, 3.63) is 12.2 Å². The lowest BCUT2D eigenvalue weighted by atomic mass is 9.86. The van der Waals surface area contributed by atoms with Crippen LogP contribution in [-0.2, 0) is 4.79 Å². The molecule has 1 amide bonds. The number of carbonyl (C=O) groups is 1. The van der Waals surface area contributed by atoms with Crippen LogP contribution < -0.4 is 5.32 Å². The van der Waals surface area contributed by atoms with Gasteiger partial charge in [0.2, 0.25) is 5.91 Å². The second-order valence-electron chi connectivity index (χ2n) is 5.20. The van der Waals surface area contributed by atoms with Crippen molar-refractivity contribution in [2.24, 2.45) is 5.92 Å². The van der Waals surface area contributed by atoms with Crippen LogP contribution in [0.5, 0.6) is 0 Å². The zero-order valence-electron chi connectivity index (χ0n) is 11.0. The van der Waals surface area contributed by atoms with Gasteiger partial charge in [-0.1, -0.05) is 32.1 Å². The van der Waals surface area contributed by atoms with Crippen LogP contribution in [0.4, 0.5) is 0 Å². The van der Waals surface area contributed by atoms with Crippen molar-refractivity contribution in [3.63, 3.8) is 0 Å². The van der Waals surface area contributed by atoms with E-state index in [-0.39, 0.29) is 11.9 Å². The van der Waals surface area contributed by atoms with Gasteiger partial charge in [-0.3, -0.25) is 9.89 Å². The summed E-state index contributed by atoms with van der Waals surface area (Å²) in [6.45, 7) is 1.92. The number of hydrogen-bond donors (Lipinski definition) is 2. The lowest BCUT2D eigenvalue weighted by Crippen LogP contribution is -2.27. The van der Waals surface area contributed by atoms with Crippen LogP contribution in [0.1, 0.15) is 63.7 Å². The highest BCUT2D eigenvalue weighted by Crippen LogP contribution is 2.27. The summed E-state index contributed by atoms with van der Waals surface area (Å²) in [4.78, 5) is 15.9. The molecular weight excluding hydrogens is 228 g/mol. The first-order valence-corrected chi connectivity index (χ1v) is 6.90. The molecule has 0 aromatic carbocycles. The molecule has 1 aromatic rings. The molecule has 1 atom stereocenters. The lowest BCUT2D eigenvalue weighted by Gasteiger charge is -2.21. The topological polar surface area (TPSA) is 70.7 Å². The van der Waals surface area contributed by atoms with Crippen LogP contribution in [0.2, 0.25) is 0 Å². The molecule has 1 heterocycles. The molecule has 0 radical (unpaired) electrons. The first-order chi connectivity index (χ1) is 8.75. The Bertz CT molecular complexity index is 357. The van der Waals surface area contributed by atoms with Gasteiger partial charge >= 0.3 is 0 Å². The molecule has 1 aromatic heterocycles. The minimum Gasteiger partial charge on any atom is -0.346 e. The van der Waals surface area contributed by atoms with E-state index < -0.39 is 0 Å². The molecule has 1 fully saturated rings. The van der Waals surface area contributed by atoms with Crippen molar-refractivity contribution in [2.45, 2.75) is 57.9 Å². The van der Waals surface area contributed by atoms with Crippen molar-refractivity contribution in [1.29, 1.82) is 0 Å². The molecule has 0 aliphatic heterocycles. The van der Waals surface area contributed by atoms with Crippen LogP contribution in [0.3, 0.4) is 0 Å². The average Bonchev–Trinajstić information content (AvgIpc) is 2.91. The molecule has 0 spiro atoms. The zero-order chi connectivity index (χ0) is 12.8. The molecule has 5 heteroatoms. The summed E-state index contributed by atoms with van der Waals surface area (Å²) in [6.07, 6.45) is 9.74. The molecule has 1 aliphatic carbocycles. The molecule has 18 heavy (non-hydrogen) atoms. The summed E-state index contributed by atoms with van der Waals surface area (Å²) in [6, 6.07) is -0.0913. The van der Waals surface area contributed by atoms with Gasteiger partial charge in [0, 0.05) is 6.42 Å². The van der Waals surface area contributed by atoms with Crippen molar-refractivity contribution >= 4 is 5.91 Å². The molecule has 1 unspecified atom stereocenters. The Hall–Kier alpha value is -1.39. The first-order valence-electron chi connectivity index (χ1n) is 6.90. The number of carbonyl (C=O) groups excluding carboxylic acids is 1. The predicted molar refractivity (Wildman–Crippen MR) is 68.7 cm³/mol. The van der Waals surface area contributed by atoms with E-state index >= 15 is 0 Å². The fourth-order valence-corrected chi connectivity index (χ4v) is 2.62. The number of amides is 1. The summed E-state index contributed by atoms with van der Waals surface area (Å²) >= 11 is 0. The molecular formula is C13H22N4O. The first kappa shape index (κ1) is 13.1. The third kappa shape index (κ3) is 3.82. The fourth-order valence-electron chi connectivity index (χ4n) is 2.62. The molecule has 0 bridgehead atoms. The van der Waals surface area contributed by atoms with Gasteiger partial charge < -0.3 is 5.32 Å². The van der Waals surface area contributed by atoms with Gasteiger partial charge in [-0.15, -0.1) is 0 Å². The number of nitrogens with zero attached hydrogens (tertiary/aromatic N) is 2. The van der Waals surface area contributed by atoms with E-state index in [9.17, 15) is 4.79 Å². The molecule has 1 aliphatic rings. The maximum atomic E-state index is 11.8. The quantitative estimate of drug-likeness (QED) is 0.842. The third-order valence-corrected chi connectivity index (χ3v) is 3.73.